The van der Waals surface area contributed by atoms with Gasteiger partial charge < -0.3 is 5.11 Å². The number of ketones is 1. The molecule has 8 heavy (non-hydrogen) atoms. The minimum Gasteiger partial charge on any atom is -0.389 e. The van der Waals surface area contributed by atoms with Crippen LogP contribution in [-0.2, 0) is 4.79 Å². The van der Waals surface area contributed by atoms with Crippen LogP contribution in [0.1, 0.15) is 13.8 Å². The highest BCUT2D eigenvalue weighted by atomic mass is 79.9. The second-order valence-corrected chi connectivity index (χ2v) is 4.04. The van der Waals surface area contributed by atoms with E-state index in [0.717, 1.165) is 0 Å². The Bertz CT molecular complexity index is 93.1. The summed E-state index contributed by atoms with van der Waals surface area (Å²) in [5.74, 6) is -0.197. The maximum Gasteiger partial charge on any atom is 0.174 e. The summed E-state index contributed by atoms with van der Waals surface area (Å²) in [6.07, 6.45) is 0. The highest BCUT2D eigenvalue weighted by molar-refractivity contribution is 9.10. The van der Waals surface area contributed by atoms with Crippen LogP contribution in [-0.4, -0.2) is 21.8 Å². The Kier molecular flexibility index (Phi) is 2.63. The SMILES string of the molecule is CC(C)(Br)C(=O)CO. The van der Waals surface area contributed by atoms with Crippen molar-refractivity contribution in [2.75, 3.05) is 6.61 Å². The van der Waals surface area contributed by atoms with Crippen molar-refractivity contribution in [1.82, 2.24) is 0 Å². The molecule has 0 fully saturated rings. The van der Waals surface area contributed by atoms with E-state index in [9.17, 15) is 4.79 Å². The van der Waals surface area contributed by atoms with Crippen molar-refractivity contribution < 1.29 is 9.90 Å². The Morgan fingerprint density at radius 3 is 2.12 bits per heavy atom. The number of aliphatic hydroxyl groups is 1. The predicted octanol–water partition coefficient (Wildman–Crippen LogP) is 0.721. The van der Waals surface area contributed by atoms with Gasteiger partial charge >= 0.3 is 0 Å². The molecule has 0 rings (SSSR count). The maximum atomic E-state index is 10.5. The van der Waals surface area contributed by atoms with Gasteiger partial charge in [0.25, 0.3) is 0 Å². The molecular formula is C5H9BrO2. The lowest BCUT2D eigenvalue weighted by Crippen LogP contribution is -2.26. The van der Waals surface area contributed by atoms with E-state index in [1.807, 2.05) is 0 Å². The molecule has 0 heterocycles. The summed E-state index contributed by atoms with van der Waals surface area (Å²) >= 11 is 3.09. The van der Waals surface area contributed by atoms with Crippen LogP contribution in [0, 0.1) is 0 Å². The molecule has 0 atom stereocenters. The number of aliphatic hydroxyl groups excluding tert-OH is 1. The molecule has 0 aromatic heterocycles. The zero-order valence-corrected chi connectivity index (χ0v) is 6.53. The van der Waals surface area contributed by atoms with Gasteiger partial charge in [-0.1, -0.05) is 15.9 Å². The van der Waals surface area contributed by atoms with E-state index in [1.54, 1.807) is 13.8 Å². The monoisotopic (exact) mass is 180 g/mol. The third-order valence-corrected chi connectivity index (χ3v) is 1.25. The van der Waals surface area contributed by atoms with Crippen molar-refractivity contribution >= 4 is 21.7 Å². The third kappa shape index (κ3) is 2.43. The lowest BCUT2D eigenvalue weighted by Gasteiger charge is -2.10. The number of Topliss-reactive ketones (excluding diaryl/α,β-unsaturated/α-hetero) is 1. The Morgan fingerprint density at radius 1 is 1.75 bits per heavy atom. The van der Waals surface area contributed by atoms with E-state index >= 15 is 0 Å². The standard InChI is InChI=1S/C5H9BrO2/c1-5(2,6)4(8)3-7/h7H,3H2,1-2H3. The number of halogens is 1. The first kappa shape index (κ1) is 8.11. The lowest BCUT2D eigenvalue weighted by molar-refractivity contribution is -0.123. The number of hydrogen-bond donors (Lipinski definition) is 1. The Labute approximate surface area is 57.0 Å². The molecule has 0 aliphatic carbocycles. The number of rotatable bonds is 2. The van der Waals surface area contributed by atoms with Crippen molar-refractivity contribution in [2.45, 2.75) is 18.2 Å². The minimum absolute atomic E-state index is 0.197. The van der Waals surface area contributed by atoms with Crippen molar-refractivity contribution in [2.24, 2.45) is 0 Å². The summed E-state index contributed by atoms with van der Waals surface area (Å²) in [6.45, 7) is 3.01. The molecule has 0 aromatic carbocycles. The average Bonchev–Trinajstić information content (AvgIpc) is 1.62. The Balaban J connectivity index is 3.82. The second kappa shape index (κ2) is 2.60. The quantitative estimate of drug-likeness (QED) is 0.637. The first-order chi connectivity index (χ1) is 3.48. The van der Waals surface area contributed by atoms with E-state index in [-0.39, 0.29) is 5.78 Å². The van der Waals surface area contributed by atoms with Gasteiger partial charge in [-0.3, -0.25) is 4.79 Å². The molecule has 0 bridgehead atoms. The van der Waals surface area contributed by atoms with Crippen molar-refractivity contribution in [3.05, 3.63) is 0 Å². The number of hydrogen-bond acceptors (Lipinski definition) is 2. The molecule has 0 unspecified atom stereocenters. The van der Waals surface area contributed by atoms with Gasteiger partial charge in [-0.05, 0) is 13.8 Å². The molecule has 2 nitrogen and oxygen atoms in total. The normalized spacial score (nSPS) is 11.5. The van der Waals surface area contributed by atoms with Crippen LogP contribution in [0.4, 0.5) is 0 Å². The molecule has 1 N–H and O–H groups in total. The van der Waals surface area contributed by atoms with E-state index in [2.05, 4.69) is 15.9 Å². The van der Waals surface area contributed by atoms with Gasteiger partial charge in [-0.25, -0.2) is 0 Å². The van der Waals surface area contributed by atoms with Gasteiger partial charge in [0.1, 0.15) is 6.61 Å². The lowest BCUT2D eigenvalue weighted by atomic mass is 10.1. The number of alkyl halides is 1. The van der Waals surface area contributed by atoms with E-state index in [0.29, 0.717) is 0 Å². The van der Waals surface area contributed by atoms with Crippen LogP contribution in [0.5, 0.6) is 0 Å². The fourth-order valence-electron chi connectivity index (χ4n) is 0.188. The summed E-state index contributed by atoms with van der Waals surface area (Å²) in [6, 6.07) is 0. The summed E-state index contributed by atoms with van der Waals surface area (Å²) in [5, 5.41) is 8.29. The van der Waals surface area contributed by atoms with Crippen LogP contribution in [0.3, 0.4) is 0 Å². The molecule has 0 aliphatic rings. The van der Waals surface area contributed by atoms with E-state index in [4.69, 9.17) is 5.11 Å². The maximum absolute atomic E-state index is 10.5. The Hall–Kier alpha value is 0.110. The van der Waals surface area contributed by atoms with Gasteiger partial charge in [0, 0.05) is 0 Å². The highest BCUT2D eigenvalue weighted by Gasteiger charge is 2.21. The molecular weight excluding hydrogens is 172 g/mol. The fourth-order valence-corrected chi connectivity index (χ4v) is 0.313. The average molecular weight is 181 g/mol. The van der Waals surface area contributed by atoms with E-state index < -0.39 is 10.9 Å². The largest absolute Gasteiger partial charge is 0.389 e. The summed E-state index contributed by atoms with van der Waals surface area (Å²) < 4.78 is -0.568. The first-order valence-corrected chi connectivity index (χ1v) is 3.11. The van der Waals surface area contributed by atoms with Gasteiger partial charge in [-0.2, -0.15) is 0 Å². The van der Waals surface area contributed by atoms with Gasteiger partial charge in [0.05, 0.1) is 4.32 Å². The molecule has 0 aliphatic heterocycles. The van der Waals surface area contributed by atoms with Crippen molar-refractivity contribution in [3.63, 3.8) is 0 Å². The molecule has 0 saturated heterocycles. The molecule has 0 saturated carbocycles. The van der Waals surface area contributed by atoms with Crippen molar-refractivity contribution in [3.8, 4) is 0 Å². The molecule has 0 amide bonds. The van der Waals surface area contributed by atoms with Gasteiger partial charge in [0.15, 0.2) is 5.78 Å². The smallest absolute Gasteiger partial charge is 0.174 e. The topological polar surface area (TPSA) is 37.3 Å². The van der Waals surface area contributed by atoms with Gasteiger partial charge in [0.2, 0.25) is 0 Å². The number of carbonyl (C=O) groups excluding carboxylic acids is 1. The zero-order valence-electron chi connectivity index (χ0n) is 4.94. The fraction of sp³-hybridized carbons (Fsp3) is 0.800. The predicted molar refractivity (Wildman–Crippen MR) is 35.1 cm³/mol. The summed E-state index contributed by atoms with van der Waals surface area (Å²) in [5.41, 5.74) is 0. The first-order valence-electron chi connectivity index (χ1n) is 2.31. The summed E-state index contributed by atoms with van der Waals surface area (Å²) in [7, 11) is 0. The molecule has 48 valence electrons. The minimum atomic E-state index is -0.568. The molecule has 0 aromatic rings. The van der Waals surface area contributed by atoms with Crippen LogP contribution < -0.4 is 0 Å². The van der Waals surface area contributed by atoms with Crippen LogP contribution >= 0.6 is 15.9 Å². The van der Waals surface area contributed by atoms with E-state index in [1.165, 1.54) is 0 Å². The zero-order chi connectivity index (χ0) is 6.78. The molecule has 3 heteroatoms. The molecule has 0 spiro atoms. The third-order valence-electron chi connectivity index (χ3n) is 0.807. The van der Waals surface area contributed by atoms with Crippen LogP contribution in [0.2, 0.25) is 0 Å². The Morgan fingerprint density at radius 2 is 2.12 bits per heavy atom. The highest BCUT2D eigenvalue weighted by Crippen LogP contribution is 2.15. The van der Waals surface area contributed by atoms with Gasteiger partial charge in [-0.15, -0.1) is 0 Å². The van der Waals surface area contributed by atoms with Crippen molar-refractivity contribution in [1.29, 1.82) is 0 Å². The van der Waals surface area contributed by atoms with Crippen LogP contribution in [0.15, 0.2) is 0 Å². The number of carbonyl (C=O) groups is 1. The molecule has 0 radical (unpaired) electrons. The summed E-state index contributed by atoms with van der Waals surface area (Å²) in [4.78, 5) is 10.5. The van der Waals surface area contributed by atoms with Crippen LogP contribution in [0.25, 0.3) is 0 Å². The second-order valence-electron chi connectivity index (χ2n) is 2.05.